The molecule has 0 amide bonds. The summed E-state index contributed by atoms with van der Waals surface area (Å²) >= 11 is 51.0. The number of allylic oxidation sites excluding steroid dienone is 2. The zero-order valence-corrected chi connectivity index (χ0v) is 14.6. The summed E-state index contributed by atoms with van der Waals surface area (Å²) < 4.78 is -1.50. The lowest BCUT2D eigenvalue weighted by atomic mass is 9.84. The van der Waals surface area contributed by atoms with Crippen LogP contribution in [0.2, 0.25) is 0 Å². The second-order valence-electron chi connectivity index (χ2n) is 4.95. The predicted molar refractivity (Wildman–Crippen MR) is 81.2 cm³/mol. The molecule has 0 radical (unpaired) electrons. The van der Waals surface area contributed by atoms with Crippen LogP contribution < -0.4 is 0 Å². The molecule has 102 valence electrons. The molecule has 3 rings (SSSR count). The third-order valence-corrected chi connectivity index (χ3v) is 9.79. The molecule has 18 heavy (non-hydrogen) atoms. The summed E-state index contributed by atoms with van der Waals surface area (Å²) in [6.45, 7) is 0. The third-order valence-electron chi connectivity index (χ3n) is 4.32. The van der Waals surface area contributed by atoms with Crippen molar-refractivity contribution in [3.63, 3.8) is 0 Å². The second-order valence-corrected chi connectivity index (χ2v) is 9.29. The maximum Gasteiger partial charge on any atom is 0.166 e. The van der Waals surface area contributed by atoms with Crippen LogP contribution in [0.25, 0.3) is 0 Å². The Bertz CT molecular complexity index is 459. The second kappa shape index (κ2) is 4.07. The van der Waals surface area contributed by atoms with Crippen LogP contribution in [-0.4, -0.2) is 24.8 Å². The van der Waals surface area contributed by atoms with E-state index in [1.54, 1.807) is 0 Å². The molecule has 0 aromatic carbocycles. The lowest BCUT2D eigenvalue weighted by Gasteiger charge is -2.35. The van der Waals surface area contributed by atoms with Crippen LogP contribution >= 0.6 is 92.8 Å². The van der Waals surface area contributed by atoms with Gasteiger partial charge in [-0.3, -0.25) is 0 Å². The number of rotatable bonds is 0. The molecule has 2 bridgehead atoms. The summed E-state index contributed by atoms with van der Waals surface area (Å²) in [5, 5.41) is -0.259. The highest BCUT2D eigenvalue weighted by molar-refractivity contribution is 6.66. The van der Waals surface area contributed by atoms with Gasteiger partial charge < -0.3 is 0 Å². The molecule has 0 spiro atoms. The van der Waals surface area contributed by atoms with Crippen molar-refractivity contribution >= 4 is 92.8 Å². The Balaban J connectivity index is 2.26. The lowest BCUT2D eigenvalue weighted by molar-refractivity contribution is 0.385. The summed E-state index contributed by atoms with van der Waals surface area (Å²) in [5.41, 5.74) is 0. The van der Waals surface area contributed by atoms with E-state index < -0.39 is 19.5 Å². The molecule has 0 aliphatic heterocycles. The van der Waals surface area contributed by atoms with Crippen molar-refractivity contribution < 1.29 is 0 Å². The molecule has 0 aromatic heterocycles. The van der Waals surface area contributed by atoms with Crippen molar-refractivity contribution in [2.75, 3.05) is 0 Å². The Morgan fingerprint density at radius 1 is 0.889 bits per heavy atom. The van der Waals surface area contributed by atoms with E-state index in [4.69, 9.17) is 92.8 Å². The van der Waals surface area contributed by atoms with E-state index in [1.807, 2.05) is 0 Å². The van der Waals surface area contributed by atoms with Gasteiger partial charge in [0, 0.05) is 5.92 Å². The van der Waals surface area contributed by atoms with Crippen molar-refractivity contribution in [3.05, 3.63) is 10.1 Å². The first-order valence-corrected chi connectivity index (χ1v) is 8.35. The van der Waals surface area contributed by atoms with Crippen LogP contribution in [0.4, 0.5) is 0 Å². The minimum atomic E-state index is -1.50. The highest BCUT2D eigenvalue weighted by Gasteiger charge is 2.84. The van der Waals surface area contributed by atoms with Crippen LogP contribution in [0, 0.1) is 11.8 Å². The molecule has 0 N–H and O–H groups in total. The molecular formula is C10H6Cl8. The summed E-state index contributed by atoms with van der Waals surface area (Å²) in [7, 11) is 0. The summed E-state index contributed by atoms with van der Waals surface area (Å²) in [4.78, 5) is -2.50. The molecule has 8 heteroatoms. The summed E-state index contributed by atoms with van der Waals surface area (Å²) in [6, 6.07) is 0. The maximum atomic E-state index is 6.62. The quantitative estimate of drug-likeness (QED) is 0.451. The van der Waals surface area contributed by atoms with Crippen LogP contribution in [0.1, 0.15) is 6.42 Å². The zero-order valence-electron chi connectivity index (χ0n) is 8.54. The van der Waals surface area contributed by atoms with E-state index in [0.29, 0.717) is 6.42 Å². The van der Waals surface area contributed by atoms with Gasteiger partial charge >= 0.3 is 0 Å². The van der Waals surface area contributed by atoms with Gasteiger partial charge in [-0.05, 0) is 12.3 Å². The highest BCUT2D eigenvalue weighted by Crippen LogP contribution is 2.79. The predicted octanol–water partition coefficient (Wildman–Crippen LogP) is 5.68. The van der Waals surface area contributed by atoms with Gasteiger partial charge in [-0.15, -0.1) is 46.4 Å². The van der Waals surface area contributed by atoms with Crippen LogP contribution in [0.3, 0.4) is 0 Å². The molecule has 4 unspecified atom stereocenters. The van der Waals surface area contributed by atoms with Gasteiger partial charge in [-0.25, -0.2) is 0 Å². The fraction of sp³-hybridized carbons (Fsp3) is 0.800. The first-order valence-electron chi connectivity index (χ1n) is 5.21. The average molecular weight is 410 g/mol. The number of hydrogen-bond donors (Lipinski definition) is 0. The van der Waals surface area contributed by atoms with Gasteiger partial charge in [-0.2, -0.15) is 0 Å². The van der Waals surface area contributed by atoms with Gasteiger partial charge in [-0.1, -0.05) is 46.4 Å². The molecule has 0 saturated heterocycles. The monoisotopic (exact) mass is 406 g/mol. The first kappa shape index (κ1) is 15.0. The molecule has 2 saturated carbocycles. The van der Waals surface area contributed by atoms with Crippen LogP contribution in [-0.2, 0) is 0 Å². The van der Waals surface area contributed by atoms with E-state index in [9.17, 15) is 0 Å². The molecule has 0 aromatic rings. The van der Waals surface area contributed by atoms with Crippen molar-refractivity contribution in [1.82, 2.24) is 0 Å². The number of hydrogen-bond acceptors (Lipinski definition) is 0. The van der Waals surface area contributed by atoms with Crippen LogP contribution in [0.5, 0.6) is 0 Å². The Morgan fingerprint density at radius 3 is 1.94 bits per heavy atom. The summed E-state index contributed by atoms with van der Waals surface area (Å²) in [5.74, 6) is -0.488. The Hall–Kier alpha value is 2.06. The summed E-state index contributed by atoms with van der Waals surface area (Å²) in [6.07, 6.45) is 0.555. The minimum absolute atomic E-state index is 0.184. The maximum absolute atomic E-state index is 6.62. The Morgan fingerprint density at radius 2 is 1.39 bits per heavy atom. The number of fused-ring (bicyclic) bond motifs is 5. The molecule has 3 aliphatic carbocycles. The fourth-order valence-corrected chi connectivity index (χ4v) is 7.46. The standard InChI is InChI=1S/C10H6Cl8/c11-3-1-2-4(5(3)12)9(16)7(14)6(13)8(2,15)10(9,17)18/h2-5H,1H2/t2?,3?,4?,5?,8-,9+/m0/s1. The molecule has 3 aliphatic rings. The Labute approximate surface area is 145 Å². The first-order chi connectivity index (χ1) is 8.11. The molecular weight excluding hydrogens is 404 g/mol. The number of alkyl halides is 6. The average Bonchev–Trinajstić information content (AvgIpc) is 2.69. The smallest absolute Gasteiger partial charge is 0.121 e. The zero-order chi connectivity index (χ0) is 13.7. The van der Waals surface area contributed by atoms with Gasteiger partial charge in [0.15, 0.2) is 4.33 Å². The minimum Gasteiger partial charge on any atom is -0.121 e. The van der Waals surface area contributed by atoms with Crippen molar-refractivity contribution in [2.24, 2.45) is 11.8 Å². The molecule has 0 nitrogen and oxygen atoms in total. The van der Waals surface area contributed by atoms with Gasteiger partial charge in [0.2, 0.25) is 0 Å². The fourth-order valence-electron chi connectivity index (χ4n) is 3.48. The largest absolute Gasteiger partial charge is 0.166 e. The van der Waals surface area contributed by atoms with E-state index in [-0.39, 0.29) is 27.3 Å². The van der Waals surface area contributed by atoms with E-state index in [1.165, 1.54) is 0 Å². The normalized spacial score (nSPS) is 57.3. The lowest BCUT2D eigenvalue weighted by Crippen LogP contribution is -2.47. The van der Waals surface area contributed by atoms with E-state index in [2.05, 4.69) is 0 Å². The van der Waals surface area contributed by atoms with Crippen molar-refractivity contribution in [2.45, 2.75) is 31.3 Å². The van der Waals surface area contributed by atoms with E-state index >= 15 is 0 Å². The van der Waals surface area contributed by atoms with Crippen molar-refractivity contribution in [1.29, 1.82) is 0 Å². The van der Waals surface area contributed by atoms with E-state index in [0.717, 1.165) is 0 Å². The topological polar surface area (TPSA) is 0 Å². The molecule has 6 atom stereocenters. The van der Waals surface area contributed by atoms with Crippen LogP contribution in [0.15, 0.2) is 10.1 Å². The van der Waals surface area contributed by atoms with Gasteiger partial charge in [0.05, 0.1) is 20.8 Å². The molecule has 2 fully saturated rings. The van der Waals surface area contributed by atoms with Gasteiger partial charge in [0.1, 0.15) is 9.75 Å². The Kier molecular flexibility index (Phi) is 3.39. The molecule has 0 heterocycles. The third kappa shape index (κ3) is 1.28. The highest BCUT2D eigenvalue weighted by atomic mass is 35.5. The van der Waals surface area contributed by atoms with Crippen molar-refractivity contribution in [3.8, 4) is 0 Å². The SMILES string of the molecule is ClC1=C(Cl)[C@]2(Cl)C3C(Cl)C(Cl)CC3[C@@]1(Cl)C2(Cl)Cl. The number of halogens is 8. The van der Waals surface area contributed by atoms with Gasteiger partial charge in [0.25, 0.3) is 0 Å².